The fraction of sp³-hybridized carbons (Fsp3) is 0.417. The van der Waals surface area contributed by atoms with Gasteiger partial charge >= 0.3 is 6.09 Å². The minimum Gasteiger partial charge on any atom is -0.465 e. The van der Waals surface area contributed by atoms with E-state index >= 15 is 0 Å². The molecule has 3 aromatic rings. The molecule has 2 N–H and O–H groups in total. The van der Waals surface area contributed by atoms with E-state index in [2.05, 4.69) is 19.6 Å². The lowest BCUT2D eigenvalue weighted by Crippen LogP contribution is -2.30. The second-order valence-corrected chi connectivity index (χ2v) is 14.8. The molecule has 0 saturated heterocycles. The topological polar surface area (TPSA) is 87.8 Å². The maximum absolute atomic E-state index is 12.0. The lowest BCUT2D eigenvalue weighted by Gasteiger charge is -2.20. The second-order valence-electron chi connectivity index (χ2n) is 9.22. The van der Waals surface area contributed by atoms with E-state index in [9.17, 15) is 15.0 Å². The van der Waals surface area contributed by atoms with Crippen molar-refractivity contribution in [2.45, 2.75) is 51.9 Å². The molecule has 0 unspecified atom stereocenters. The van der Waals surface area contributed by atoms with Crippen molar-refractivity contribution in [1.29, 1.82) is 0 Å². The molecule has 0 aliphatic heterocycles. The Morgan fingerprint density at radius 1 is 1.09 bits per heavy atom. The highest BCUT2D eigenvalue weighted by Crippen LogP contribution is 2.21. The van der Waals surface area contributed by atoms with E-state index in [4.69, 9.17) is 9.72 Å². The van der Waals surface area contributed by atoms with Crippen molar-refractivity contribution in [2.75, 3.05) is 13.2 Å². The molecule has 1 amide bonds. The summed E-state index contributed by atoms with van der Waals surface area (Å²) in [7, 11) is -1.21. The van der Waals surface area contributed by atoms with Crippen LogP contribution in [0.25, 0.3) is 11.0 Å². The molecule has 32 heavy (non-hydrogen) atoms. The zero-order chi connectivity index (χ0) is 23.1. The molecule has 1 aromatic heterocycles. The normalized spacial score (nSPS) is 11.8. The van der Waals surface area contributed by atoms with Gasteiger partial charge in [0.1, 0.15) is 12.6 Å². The molecule has 1 heterocycles. The van der Waals surface area contributed by atoms with E-state index < -0.39 is 14.2 Å². The van der Waals surface area contributed by atoms with Crippen LogP contribution in [-0.4, -0.2) is 52.0 Å². The van der Waals surface area contributed by atoms with Crippen molar-refractivity contribution < 1.29 is 19.7 Å². The number of fused-ring (bicyclic) bond motifs is 1. The molecule has 0 saturated carbocycles. The number of rotatable bonds is 11. The number of carboxylic acid groups (broad SMARTS) is 1. The third-order valence-corrected chi connectivity index (χ3v) is 7.03. The van der Waals surface area contributed by atoms with Crippen LogP contribution in [0.5, 0.6) is 0 Å². The Balaban J connectivity index is 1.88. The molecule has 172 valence electrons. The first-order valence-electron chi connectivity index (χ1n) is 11.0. The number of benzene rings is 2. The van der Waals surface area contributed by atoms with Crippen LogP contribution in [0.1, 0.15) is 17.0 Å². The summed E-state index contributed by atoms with van der Waals surface area (Å²) in [6.45, 7) is 8.42. The van der Waals surface area contributed by atoms with Crippen LogP contribution in [0.3, 0.4) is 0 Å². The number of hydrogen-bond acceptors (Lipinski definition) is 4. The monoisotopic (exact) mass is 455 g/mol. The number of aromatic nitrogens is 2. The molecule has 0 spiro atoms. The Bertz CT molecular complexity index is 1030. The van der Waals surface area contributed by atoms with Gasteiger partial charge in [0.15, 0.2) is 0 Å². The number of amides is 1. The second kappa shape index (κ2) is 10.8. The zero-order valence-corrected chi connectivity index (χ0v) is 20.1. The summed E-state index contributed by atoms with van der Waals surface area (Å²) in [4.78, 5) is 18.1. The number of imidazole rings is 1. The van der Waals surface area contributed by atoms with Gasteiger partial charge in [-0.25, -0.2) is 9.78 Å². The van der Waals surface area contributed by atoms with Gasteiger partial charge in [0.25, 0.3) is 0 Å². The van der Waals surface area contributed by atoms with Crippen molar-refractivity contribution in [1.82, 2.24) is 14.5 Å². The summed E-state index contributed by atoms with van der Waals surface area (Å²) in [5.41, 5.74) is 3.62. The van der Waals surface area contributed by atoms with Gasteiger partial charge in [-0.1, -0.05) is 56.0 Å². The molecule has 8 heteroatoms. The maximum atomic E-state index is 12.0. The smallest absolute Gasteiger partial charge is 0.408 e. The Labute approximate surface area is 190 Å². The molecule has 0 aliphatic rings. The third-order valence-electron chi connectivity index (χ3n) is 5.33. The highest BCUT2D eigenvalue weighted by molar-refractivity contribution is 6.76. The third kappa shape index (κ3) is 6.66. The largest absolute Gasteiger partial charge is 0.465 e. The first kappa shape index (κ1) is 24.0. The van der Waals surface area contributed by atoms with Gasteiger partial charge in [0.2, 0.25) is 0 Å². The summed E-state index contributed by atoms with van der Waals surface area (Å²) in [6, 6.07) is 16.5. The quantitative estimate of drug-likeness (QED) is 0.327. The molecule has 0 atom stereocenters. The van der Waals surface area contributed by atoms with Gasteiger partial charge in [-0.3, -0.25) is 4.90 Å². The minimum absolute atomic E-state index is 0.0725. The zero-order valence-electron chi connectivity index (χ0n) is 19.1. The minimum atomic E-state index is -1.21. The van der Waals surface area contributed by atoms with Crippen LogP contribution in [0.15, 0.2) is 48.5 Å². The number of nitrogens with zero attached hydrogens (tertiary/aromatic N) is 3. The van der Waals surface area contributed by atoms with E-state index in [0.29, 0.717) is 25.6 Å². The maximum Gasteiger partial charge on any atom is 0.408 e. The summed E-state index contributed by atoms with van der Waals surface area (Å²) < 4.78 is 7.97. The Hall–Kier alpha value is -2.68. The average Bonchev–Trinajstić information content (AvgIpc) is 3.07. The van der Waals surface area contributed by atoms with E-state index in [1.165, 1.54) is 4.90 Å². The van der Waals surface area contributed by atoms with Gasteiger partial charge in [0.05, 0.1) is 17.6 Å². The number of carbonyl (C=O) groups is 1. The summed E-state index contributed by atoms with van der Waals surface area (Å²) in [6.07, 6.45) is -0.435. The van der Waals surface area contributed by atoms with Crippen LogP contribution >= 0.6 is 0 Å². The Morgan fingerprint density at radius 3 is 2.50 bits per heavy atom. The van der Waals surface area contributed by atoms with Crippen LogP contribution < -0.4 is 0 Å². The van der Waals surface area contributed by atoms with Crippen LogP contribution in [0.4, 0.5) is 4.79 Å². The van der Waals surface area contributed by atoms with Crippen molar-refractivity contribution >= 4 is 25.2 Å². The number of aliphatic hydroxyl groups is 1. The fourth-order valence-electron chi connectivity index (χ4n) is 3.47. The summed E-state index contributed by atoms with van der Waals surface area (Å²) in [5.74, 6) is 0.646. The van der Waals surface area contributed by atoms with E-state index in [1.807, 2.05) is 53.1 Å². The summed E-state index contributed by atoms with van der Waals surface area (Å²) in [5, 5.41) is 19.1. The first-order valence-corrected chi connectivity index (χ1v) is 14.7. The molecular weight excluding hydrogens is 422 g/mol. The van der Waals surface area contributed by atoms with Gasteiger partial charge in [-0.2, -0.15) is 0 Å². The molecular formula is C24H33N3O4Si. The Morgan fingerprint density at radius 2 is 1.84 bits per heavy atom. The van der Waals surface area contributed by atoms with Crippen molar-refractivity contribution in [3.05, 3.63) is 65.5 Å². The number of aliphatic hydroxyl groups excluding tert-OH is 1. The van der Waals surface area contributed by atoms with Gasteiger partial charge < -0.3 is 19.5 Å². The first-order chi connectivity index (χ1) is 15.3. The van der Waals surface area contributed by atoms with Crippen LogP contribution in [0, 0.1) is 0 Å². The van der Waals surface area contributed by atoms with Crippen molar-refractivity contribution in [3.63, 3.8) is 0 Å². The highest BCUT2D eigenvalue weighted by atomic mass is 28.3. The van der Waals surface area contributed by atoms with E-state index in [-0.39, 0.29) is 19.7 Å². The fourth-order valence-corrected chi connectivity index (χ4v) is 4.22. The molecule has 7 nitrogen and oxygen atoms in total. The molecule has 0 radical (unpaired) electrons. The lowest BCUT2D eigenvalue weighted by atomic mass is 10.1. The molecule has 0 aliphatic carbocycles. The highest BCUT2D eigenvalue weighted by Gasteiger charge is 2.19. The predicted molar refractivity (Wildman–Crippen MR) is 128 cm³/mol. The standard InChI is InChI=1S/C24H33N3O4Si/c1-32(2,3)14-13-31-18-27-22-15-19(11-12-28)9-10-21(22)25-23(27)17-26(24(29)30)16-20-7-5-4-6-8-20/h4-10,15,28H,11-14,16-18H2,1-3H3,(H,29,30). The van der Waals surface area contributed by atoms with Crippen LogP contribution in [-0.2, 0) is 31.0 Å². The van der Waals surface area contributed by atoms with E-state index in [1.54, 1.807) is 0 Å². The number of hydrogen-bond donors (Lipinski definition) is 2. The Kier molecular flexibility index (Phi) is 8.06. The number of ether oxygens (including phenoxy) is 1. The average molecular weight is 456 g/mol. The van der Waals surface area contributed by atoms with Gasteiger partial charge in [-0.05, 0) is 35.7 Å². The van der Waals surface area contributed by atoms with Gasteiger partial charge in [-0.15, -0.1) is 0 Å². The van der Waals surface area contributed by atoms with Crippen molar-refractivity contribution in [2.24, 2.45) is 0 Å². The van der Waals surface area contributed by atoms with Crippen molar-refractivity contribution in [3.8, 4) is 0 Å². The summed E-state index contributed by atoms with van der Waals surface area (Å²) >= 11 is 0. The predicted octanol–water partition coefficient (Wildman–Crippen LogP) is 4.56. The van der Waals surface area contributed by atoms with Crippen LogP contribution in [0.2, 0.25) is 25.7 Å². The molecule has 2 aromatic carbocycles. The molecule has 3 rings (SSSR count). The van der Waals surface area contributed by atoms with Gasteiger partial charge in [0, 0.05) is 27.8 Å². The van der Waals surface area contributed by atoms with E-state index in [0.717, 1.165) is 28.2 Å². The molecule has 0 bridgehead atoms. The molecule has 0 fully saturated rings. The lowest BCUT2D eigenvalue weighted by molar-refractivity contribution is 0.0847. The SMILES string of the molecule is C[Si](C)(C)CCOCn1c(CN(Cc2ccccc2)C(=O)O)nc2ccc(CCO)cc21.